The molecule has 42 heavy (non-hydrogen) atoms. The Morgan fingerprint density at radius 1 is 0.952 bits per heavy atom. The van der Waals surface area contributed by atoms with Crippen molar-refractivity contribution in [1.82, 2.24) is 15.1 Å². The van der Waals surface area contributed by atoms with Crippen LogP contribution in [0.3, 0.4) is 0 Å². The van der Waals surface area contributed by atoms with E-state index in [0.29, 0.717) is 45.3 Å². The summed E-state index contributed by atoms with van der Waals surface area (Å²) >= 11 is 0. The van der Waals surface area contributed by atoms with Gasteiger partial charge in [-0.1, -0.05) is 30.3 Å². The highest BCUT2D eigenvalue weighted by Crippen LogP contribution is 2.45. The molecule has 1 saturated heterocycles. The number of nitrogens with two attached hydrogens (primary N) is 1. The Labute approximate surface area is 249 Å². The maximum absolute atomic E-state index is 13.8. The van der Waals surface area contributed by atoms with Crippen molar-refractivity contribution in [3.05, 3.63) is 64.7 Å². The number of aryl methyl sites for hydroxylation is 2. The molecule has 8 heteroatoms. The largest absolute Gasteiger partial charge is 0.343 e. The number of amides is 3. The van der Waals surface area contributed by atoms with E-state index in [0.717, 1.165) is 62.7 Å². The van der Waals surface area contributed by atoms with Crippen LogP contribution < -0.4 is 16.4 Å². The van der Waals surface area contributed by atoms with Crippen LogP contribution >= 0.6 is 0 Å². The molecule has 6 rings (SSSR count). The molecule has 2 atom stereocenters. The second-order valence-corrected chi connectivity index (χ2v) is 12.8. The Morgan fingerprint density at radius 2 is 1.74 bits per heavy atom. The minimum Gasteiger partial charge on any atom is -0.343 e. The van der Waals surface area contributed by atoms with E-state index in [9.17, 15) is 14.4 Å². The number of carbonyl (C=O) groups excluding carboxylic acids is 3. The summed E-state index contributed by atoms with van der Waals surface area (Å²) in [6, 6.07) is 13.2. The van der Waals surface area contributed by atoms with E-state index in [1.54, 1.807) is 0 Å². The lowest BCUT2D eigenvalue weighted by molar-refractivity contribution is -0.138. The summed E-state index contributed by atoms with van der Waals surface area (Å²) in [5, 5.41) is 6.06. The van der Waals surface area contributed by atoms with Crippen LogP contribution in [0.5, 0.6) is 0 Å². The molecule has 0 radical (unpaired) electrons. The van der Waals surface area contributed by atoms with E-state index < -0.39 is 12.1 Å². The van der Waals surface area contributed by atoms with E-state index in [1.165, 1.54) is 23.1 Å². The molecule has 0 bridgehead atoms. The van der Waals surface area contributed by atoms with Crippen LogP contribution in [-0.2, 0) is 40.2 Å². The van der Waals surface area contributed by atoms with Crippen molar-refractivity contribution in [3.63, 3.8) is 0 Å². The third-order valence-corrected chi connectivity index (χ3v) is 10.1. The Kier molecular flexibility index (Phi) is 8.63. The van der Waals surface area contributed by atoms with Crippen LogP contribution in [0.4, 0.5) is 5.69 Å². The van der Waals surface area contributed by atoms with Crippen molar-refractivity contribution in [2.45, 2.75) is 101 Å². The molecule has 2 aromatic carbocycles. The molecular weight excluding hydrogens is 526 g/mol. The van der Waals surface area contributed by atoms with Crippen LogP contribution in [0.25, 0.3) is 0 Å². The third-order valence-electron chi connectivity index (χ3n) is 10.1. The topological polar surface area (TPSA) is 108 Å². The maximum atomic E-state index is 13.8. The number of benzene rings is 2. The SMILES string of the molecule is NCC[C@H](NC(=O)[C@@H]1Cc2ccccc2CN1CCCC(=O)N1CCCC12CCC2)C(=O)Nc1ccc2c(c1)CCC2. The first kappa shape index (κ1) is 28.9. The highest BCUT2D eigenvalue weighted by atomic mass is 16.2. The van der Waals surface area contributed by atoms with Gasteiger partial charge in [0.2, 0.25) is 17.7 Å². The second-order valence-electron chi connectivity index (χ2n) is 12.8. The molecule has 2 aliphatic heterocycles. The first-order valence-electron chi connectivity index (χ1n) is 16.0. The van der Waals surface area contributed by atoms with Gasteiger partial charge in [0.15, 0.2) is 0 Å². The second kappa shape index (κ2) is 12.6. The molecule has 1 saturated carbocycles. The standard InChI is InChI=1S/C34H45N5O3/c35-18-14-29(32(41)36-28-13-12-24-9-3-10-25(24)21-28)37-33(42)30-22-26-7-1-2-8-27(26)23-38(30)19-4-11-31(40)39-20-6-17-34(39)15-5-16-34/h1-2,7-8,12-13,21,29-30H,3-6,9-11,14-20,22-23,35H2,(H,36,41)(H,37,42)/t29-,30-/m0/s1. The van der Waals surface area contributed by atoms with Crippen molar-refractivity contribution in [3.8, 4) is 0 Å². The number of rotatable bonds is 10. The van der Waals surface area contributed by atoms with E-state index >= 15 is 0 Å². The molecule has 4 N–H and O–H groups in total. The predicted octanol–water partition coefficient (Wildman–Crippen LogP) is 3.70. The van der Waals surface area contributed by atoms with Gasteiger partial charge in [0.05, 0.1) is 6.04 Å². The fourth-order valence-corrected chi connectivity index (χ4v) is 7.65. The minimum atomic E-state index is -0.717. The van der Waals surface area contributed by atoms with Gasteiger partial charge in [-0.2, -0.15) is 0 Å². The van der Waals surface area contributed by atoms with Crippen molar-refractivity contribution in [2.75, 3.05) is 25.0 Å². The zero-order valence-electron chi connectivity index (χ0n) is 24.7. The number of nitrogens with one attached hydrogen (secondary N) is 2. The normalized spacial score (nSPS) is 21.4. The average molecular weight is 572 g/mol. The van der Waals surface area contributed by atoms with Crippen molar-refractivity contribution >= 4 is 23.4 Å². The number of hydrogen-bond acceptors (Lipinski definition) is 5. The van der Waals surface area contributed by atoms with E-state index in [1.807, 2.05) is 18.2 Å². The molecule has 2 heterocycles. The zero-order valence-corrected chi connectivity index (χ0v) is 24.7. The fraction of sp³-hybridized carbons (Fsp3) is 0.559. The monoisotopic (exact) mass is 571 g/mol. The number of carbonyl (C=O) groups is 3. The molecule has 2 fully saturated rings. The molecule has 1 spiro atoms. The average Bonchev–Trinajstić information content (AvgIpc) is 3.64. The molecular formula is C34H45N5O3. The van der Waals surface area contributed by atoms with Gasteiger partial charge in [-0.15, -0.1) is 0 Å². The third kappa shape index (κ3) is 5.97. The smallest absolute Gasteiger partial charge is 0.246 e. The Hall–Kier alpha value is -3.23. The van der Waals surface area contributed by atoms with Crippen molar-refractivity contribution in [1.29, 1.82) is 0 Å². The van der Waals surface area contributed by atoms with Gasteiger partial charge < -0.3 is 21.3 Å². The molecule has 2 aromatic rings. The highest BCUT2D eigenvalue weighted by molar-refractivity contribution is 5.98. The first-order valence-corrected chi connectivity index (χ1v) is 16.0. The fourth-order valence-electron chi connectivity index (χ4n) is 7.65. The first-order chi connectivity index (χ1) is 20.5. The van der Waals surface area contributed by atoms with Crippen LogP contribution in [0.15, 0.2) is 42.5 Å². The number of nitrogens with zero attached hydrogens (tertiary/aromatic N) is 2. The Balaban J connectivity index is 1.10. The summed E-state index contributed by atoms with van der Waals surface area (Å²) in [6.45, 7) is 2.48. The molecule has 3 amide bonds. The summed E-state index contributed by atoms with van der Waals surface area (Å²) < 4.78 is 0. The molecule has 4 aliphatic rings. The quantitative estimate of drug-likeness (QED) is 0.403. The highest BCUT2D eigenvalue weighted by Gasteiger charge is 2.47. The summed E-state index contributed by atoms with van der Waals surface area (Å²) in [4.78, 5) is 44.6. The minimum absolute atomic E-state index is 0.141. The molecule has 224 valence electrons. The van der Waals surface area contributed by atoms with E-state index in [-0.39, 0.29) is 23.3 Å². The lowest BCUT2D eigenvalue weighted by Crippen LogP contribution is -2.55. The van der Waals surface area contributed by atoms with E-state index in [4.69, 9.17) is 5.73 Å². The molecule has 0 unspecified atom stereocenters. The van der Waals surface area contributed by atoms with Gasteiger partial charge in [-0.25, -0.2) is 0 Å². The molecule has 8 nitrogen and oxygen atoms in total. The lowest BCUT2D eigenvalue weighted by Gasteiger charge is -2.46. The van der Waals surface area contributed by atoms with Crippen LogP contribution in [0.1, 0.15) is 80.0 Å². The van der Waals surface area contributed by atoms with Gasteiger partial charge in [-0.05, 0) is 118 Å². The number of likely N-dealkylation sites (tertiary alicyclic amines) is 1. The summed E-state index contributed by atoms with van der Waals surface area (Å²) in [5.41, 5.74) is 11.8. The lowest BCUT2D eigenvalue weighted by atomic mass is 9.75. The number of fused-ring (bicyclic) bond motifs is 2. The number of hydrogen-bond donors (Lipinski definition) is 3. The van der Waals surface area contributed by atoms with E-state index in [2.05, 4.69) is 44.7 Å². The molecule has 2 aliphatic carbocycles. The van der Waals surface area contributed by atoms with Gasteiger partial charge in [-0.3, -0.25) is 19.3 Å². The summed E-state index contributed by atoms with van der Waals surface area (Å²) in [6.07, 6.45) is 11.2. The summed E-state index contributed by atoms with van der Waals surface area (Å²) in [5.74, 6) is -0.140. The Morgan fingerprint density at radius 3 is 2.52 bits per heavy atom. The van der Waals surface area contributed by atoms with Gasteiger partial charge in [0.1, 0.15) is 6.04 Å². The van der Waals surface area contributed by atoms with Gasteiger partial charge in [0.25, 0.3) is 0 Å². The maximum Gasteiger partial charge on any atom is 0.246 e. The van der Waals surface area contributed by atoms with Crippen molar-refractivity contribution < 1.29 is 14.4 Å². The van der Waals surface area contributed by atoms with Gasteiger partial charge in [0, 0.05) is 30.7 Å². The van der Waals surface area contributed by atoms with Crippen LogP contribution in [0, 0.1) is 0 Å². The number of anilines is 1. The van der Waals surface area contributed by atoms with Crippen molar-refractivity contribution in [2.24, 2.45) is 5.73 Å². The predicted molar refractivity (Wildman–Crippen MR) is 164 cm³/mol. The Bertz CT molecular complexity index is 1320. The zero-order chi connectivity index (χ0) is 29.1. The van der Waals surface area contributed by atoms with Gasteiger partial charge >= 0.3 is 0 Å². The molecule has 0 aromatic heterocycles. The van der Waals surface area contributed by atoms with Crippen LogP contribution in [0.2, 0.25) is 0 Å². The van der Waals surface area contributed by atoms with Crippen LogP contribution in [-0.4, -0.2) is 64.8 Å². The summed E-state index contributed by atoms with van der Waals surface area (Å²) in [7, 11) is 0.